The van der Waals surface area contributed by atoms with E-state index in [2.05, 4.69) is 30.9 Å². The second kappa shape index (κ2) is 4.22. The Balaban J connectivity index is 2.45. The molecule has 0 aromatic carbocycles. The maximum absolute atomic E-state index is 5.64. The van der Waals surface area contributed by atoms with Gasteiger partial charge in [0.05, 0.1) is 5.69 Å². The van der Waals surface area contributed by atoms with E-state index in [1.807, 2.05) is 23.0 Å². The van der Waals surface area contributed by atoms with E-state index in [-0.39, 0.29) is 0 Å². The average Bonchev–Trinajstić information content (AvgIpc) is 2.70. The minimum Gasteiger partial charge on any atom is -0.330 e. The zero-order chi connectivity index (χ0) is 11.7. The Morgan fingerprint density at radius 3 is 2.75 bits per heavy atom. The van der Waals surface area contributed by atoms with Crippen molar-refractivity contribution in [1.29, 1.82) is 0 Å². The van der Waals surface area contributed by atoms with E-state index in [1.54, 1.807) is 0 Å². The van der Waals surface area contributed by atoms with Gasteiger partial charge in [0, 0.05) is 18.5 Å². The third-order valence-electron chi connectivity index (χ3n) is 2.87. The number of rotatable bonds is 3. The monoisotopic (exact) mass is 218 g/mol. The number of aromatic nitrogens is 3. The molecule has 0 aliphatic rings. The molecular formula is C12H18N4. The topological polar surface area (TPSA) is 56.2 Å². The molecule has 4 nitrogen and oxygen atoms in total. The molecule has 2 rings (SSSR count). The zero-order valence-corrected chi connectivity index (χ0v) is 10.0. The predicted molar refractivity (Wildman–Crippen MR) is 64.5 cm³/mol. The molecule has 1 unspecified atom stereocenters. The normalized spacial score (nSPS) is 13.6. The van der Waals surface area contributed by atoms with E-state index in [1.165, 1.54) is 0 Å². The SMILES string of the molecule is CC(C)c1cc2ncc(C(C)CN)cn2n1. The second-order valence-corrected chi connectivity index (χ2v) is 4.55. The average molecular weight is 218 g/mol. The van der Waals surface area contributed by atoms with Gasteiger partial charge >= 0.3 is 0 Å². The van der Waals surface area contributed by atoms with Crippen LogP contribution >= 0.6 is 0 Å². The van der Waals surface area contributed by atoms with Gasteiger partial charge in [-0.05, 0) is 23.9 Å². The van der Waals surface area contributed by atoms with Gasteiger partial charge in [-0.2, -0.15) is 5.10 Å². The van der Waals surface area contributed by atoms with Crippen LogP contribution in [-0.4, -0.2) is 21.1 Å². The summed E-state index contributed by atoms with van der Waals surface area (Å²) in [7, 11) is 0. The van der Waals surface area contributed by atoms with Gasteiger partial charge in [0.15, 0.2) is 5.65 Å². The fraction of sp³-hybridized carbons (Fsp3) is 0.500. The van der Waals surface area contributed by atoms with E-state index >= 15 is 0 Å². The number of hydrogen-bond donors (Lipinski definition) is 1. The van der Waals surface area contributed by atoms with Crippen molar-refractivity contribution in [3.63, 3.8) is 0 Å². The van der Waals surface area contributed by atoms with E-state index < -0.39 is 0 Å². The van der Waals surface area contributed by atoms with Gasteiger partial charge in [0.25, 0.3) is 0 Å². The quantitative estimate of drug-likeness (QED) is 0.856. The largest absolute Gasteiger partial charge is 0.330 e. The molecule has 86 valence electrons. The maximum Gasteiger partial charge on any atom is 0.155 e. The van der Waals surface area contributed by atoms with Crippen molar-refractivity contribution in [2.24, 2.45) is 5.73 Å². The molecule has 0 aliphatic carbocycles. The molecule has 16 heavy (non-hydrogen) atoms. The molecule has 0 radical (unpaired) electrons. The van der Waals surface area contributed by atoms with Crippen LogP contribution in [0.4, 0.5) is 0 Å². The van der Waals surface area contributed by atoms with Crippen LogP contribution in [0.25, 0.3) is 5.65 Å². The van der Waals surface area contributed by atoms with Crippen LogP contribution in [0.1, 0.15) is 43.9 Å². The van der Waals surface area contributed by atoms with Gasteiger partial charge in [-0.15, -0.1) is 0 Å². The Hall–Kier alpha value is -1.42. The number of nitrogens with zero attached hydrogens (tertiary/aromatic N) is 3. The van der Waals surface area contributed by atoms with Gasteiger partial charge in [-0.3, -0.25) is 0 Å². The number of hydrogen-bond acceptors (Lipinski definition) is 3. The highest BCUT2D eigenvalue weighted by molar-refractivity contribution is 5.40. The zero-order valence-electron chi connectivity index (χ0n) is 10.0. The van der Waals surface area contributed by atoms with E-state index in [9.17, 15) is 0 Å². The van der Waals surface area contributed by atoms with Crippen LogP contribution < -0.4 is 5.73 Å². The van der Waals surface area contributed by atoms with Crippen molar-refractivity contribution >= 4 is 5.65 Å². The molecule has 0 amide bonds. The Labute approximate surface area is 95.5 Å². The Morgan fingerprint density at radius 2 is 2.12 bits per heavy atom. The second-order valence-electron chi connectivity index (χ2n) is 4.55. The van der Waals surface area contributed by atoms with Crippen LogP contribution in [0.5, 0.6) is 0 Å². The first-order valence-electron chi connectivity index (χ1n) is 5.67. The third kappa shape index (κ3) is 1.93. The molecule has 0 saturated heterocycles. The summed E-state index contributed by atoms with van der Waals surface area (Å²) in [6, 6.07) is 2.03. The van der Waals surface area contributed by atoms with Gasteiger partial charge in [0.2, 0.25) is 0 Å². The summed E-state index contributed by atoms with van der Waals surface area (Å²) in [6.45, 7) is 6.98. The van der Waals surface area contributed by atoms with Crippen LogP contribution in [-0.2, 0) is 0 Å². The lowest BCUT2D eigenvalue weighted by Crippen LogP contribution is -2.10. The summed E-state index contributed by atoms with van der Waals surface area (Å²) in [5.41, 5.74) is 8.75. The lowest BCUT2D eigenvalue weighted by Gasteiger charge is -2.07. The van der Waals surface area contributed by atoms with Gasteiger partial charge < -0.3 is 5.73 Å². The van der Waals surface area contributed by atoms with Crippen molar-refractivity contribution in [3.05, 3.63) is 29.7 Å². The van der Waals surface area contributed by atoms with Crippen LogP contribution in [0, 0.1) is 0 Å². The van der Waals surface area contributed by atoms with E-state index in [0.717, 1.165) is 16.9 Å². The van der Waals surface area contributed by atoms with Crippen molar-refractivity contribution < 1.29 is 0 Å². The van der Waals surface area contributed by atoms with Crippen LogP contribution in [0.15, 0.2) is 18.5 Å². The summed E-state index contributed by atoms with van der Waals surface area (Å²) in [4.78, 5) is 4.40. The molecule has 0 aliphatic heterocycles. The van der Waals surface area contributed by atoms with Gasteiger partial charge in [0.1, 0.15) is 0 Å². The number of fused-ring (bicyclic) bond motifs is 1. The Morgan fingerprint density at radius 1 is 1.38 bits per heavy atom. The molecule has 2 N–H and O–H groups in total. The predicted octanol–water partition coefficient (Wildman–Crippen LogP) is 1.91. The minimum atomic E-state index is 0.323. The van der Waals surface area contributed by atoms with Crippen molar-refractivity contribution in [3.8, 4) is 0 Å². The molecule has 0 spiro atoms. The summed E-state index contributed by atoms with van der Waals surface area (Å²) in [6.07, 6.45) is 3.91. The molecule has 0 saturated carbocycles. The highest BCUT2D eigenvalue weighted by Gasteiger charge is 2.09. The minimum absolute atomic E-state index is 0.323. The van der Waals surface area contributed by atoms with Crippen molar-refractivity contribution in [2.45, 2.75) is 32.6 Å². The first kappa shape index (κ1) is 11.1. The Bertz CT molecular complexity index is 487. The summed E-state index contributed by atoms with van der Waals surface area (Å²) >= 11 is 0. The summed E-state index contributed by atoms with van der Waals surface area (Å²) < 4.78 is 1.84. The lowest BCUT2D eigenvalue weighted by atomic mass is 10.1. The first-order chi connectivity index (χ1) is 7.61. The summed E-state index contributed by atoms with van der Waals surface area (Å²) in [5.74, 6) is 0.751. The van der Waals surface area contributed by atoms with E-state index in [0.29, 0.717) is 18.4 Å². The van der Waals surface area contributed by atoms with Crippen LogP contribution in [0.2, 0.25) is 0 Å². The fourth-order valence-electron chi connectivity index (χ4n) is 1.58. The third-order valence-corrected chi connectivity index (χ3v) is 2.87. The van der Waals surface area contributed by atoms with Crippen LogP contribution in [0.3, 0.4) is 0 Å². The van der Waals surface area contributed by atoms with Crippen molar-refractivity contribution in [1.82, 2.24) is 14.6 Å². The van der Waals surface area contributed by atoms with E-state index in [4.69, 9.17) is 5.73 Å². The standard InChI is InChI=1S/C12H18N4/c1-8(2)11-4-12-14-6-10(9(3)5-13)7-16(12)15-11/h4,6-9H,5,13H2,1-3H3. The molecule has 2 heterocycles. The highest BCUT2D eigenvalue weighted by Crippen LogP contribution is 2.17. The van der Waals surface area contributed by atoms with Gasteiger partial charge in [-0.1, -0.05) is 20.8 Å². The maximum atomic E-state index is 5.64. The molecule has 2 aromatic rings. The fourth-order valence-corrected chi connectivity index (χ4v) is 1.58. The van der Waals surface area contributed by atoms with Crippen molar-refractivity contribution in [2.75, 3.05) is 6.54 Å². The first-order valence-corrected chi connectivity index (χ1v) is 5.67. The molecule has 4 heteroatoms. The highest BCUT2D eigenvalue weighted by atomic mass is 15.2. The molecule has 0 fully saturated rings. The lowest BCUT2D eigenvalue weighted by molar-refractivity contribution is 0.742. The molecule has 2 aromatic heterocycles. The smallest absolute Gasteiger partial charge is 0.155 e. The molecule has 0 bridgehead atoms. The Kier molecular flexibility index (Phi) is 2.92. The molecular weight excluding hydrogens is 200 g/mol. The number of nitrogens with two attached hydrogens (primary N) is 1. The van der Waals surface area contributed by atoms with Gasteiger partial charge in [-0.25, -0.2) is 9.50 Å². The summed E-state index contributed by atoms with van der Waals surface area (Å²) in [5, 5.41) is 4.50. The molecule has 1 atom stereocenters.